The van der Waals surface area contributed by atoms with E-state index >= 15 is 0 Å². The monoisotopic (exact) mass is 372 g/mol. The van der Waals surface area contributed by atoms with E-state index in [2.05, 4.69) is 26.8 Å². The Morgan fingerprint density at radius 2 is 1.81 bits per heavy atom. The van der Waals surface area contributed by atoms with Gasteiger partial charge in [0.2, 0.25) is 0 Å². The molecule has 0 bridgehead atoms. The molecule has 0 aromatic carbocycles. The first-order valence-electron chi connectivity index (χ1n) is 11.0. The lowest BCUT2D eigenvalue weighted by Crippen LogP contribution is -2.56. The van der Waals surface area contributed by atoms with Crippen molar-refractivity contribution in [2.45, 2.75) is 89.1 Å². The number of carbonyl (C=O) groups excluding carboxylic acids is 1. The summed E-state index contributed by atoms with van der Waals surface area (Å²) in [6.07, 6.45) is 10.2. The lowest BCUT2D eigenvalue weighted by atomic mass is 9.54. The van der Waals surface area contributed by atoms with Gasteiger partial charge in [0.05, 0.1) is 13.2 Å². The zero-order valence-corrected chi connectivity index (χ0v) is 16.9. The van der Waals surface area contributed by atoms with E-state index in [9.17, 15) is 4.79 Å². The predicted octanol–water partition coefficient (Wildman–Crippen LogP) is 4.17. The highest BCUT2D eigenvalue weighted by molar-refractivity contribution is 5.87. The average molecular weight is 373 g/mol. The number of hydrogen-bond acceptors (Lipinski definition) is 4. The van der Waals surface area contributed by atoms with E-state index in [4.69, 9.17) is 14.2 Å². The van der Waals surface area contributed by atoms with Crippen LogP contribution in [0.4, 0.5) is 0 Å². The first-order chi connectivity index (χ1) is 12.7. The number of epoxide rings is 1. The highest BCUT2D eigenvalue weighted by Gasteiger charge is 2.79. The van der Waals surface area contributed by atoms with Crippen molar-refractivity contribution in [2.24, 2.45) is 22.7 Å². The number of rotatable bonds is 0. The van der Waals surface area contributed by atoms with Crippen LogP contribution >= 0.6 is 0 Å². The molecule has 5 fully saturated rings. The van der Waals surface area contributed by atoms with E-state index in [1.165, 1.54) is 5.57 Å². The Morgan fingerprint density at radius 3 is 2.59 bits per heavy atom. The van der Waals surface area contributed by atoms with Gasteiger partial charge in [-0.05, 0) is 49.5 Å². The number of fused-ring (bicyclic) bond motifs is 3. The SMILES string of the molecule is CC1(C)COC2(CCC34OC3(CCC3C4=CC[C@]4(C)C(=O)CCC34)C2)OC1. The number of Topliss-reactive ketones (excluding diaryl/α,β-unsaturated/α-hetero) is 1. The summed E-state index contributed by atoms with van der Waals surface area (Å²) in [5, 5.41) is 0. The van der Waals surface area contributed by atoms with E-state index in [-0.39, 0.29) is 22.0 Å². The Balaban J connectivity index is 1.29. The third-order valence-electron chi connectivity index (χ3n) is 9.02. The number of ketones is 1. The molecule has 2 heterocycles. The van der Waals surface area contributed by atoms with Crippen LogP contribution in [0.15, 0.2) is 11.6 Å². The second-order valence-corrected chi connectivity index (χ2v) is 11.2. The van der Waals surface area contributed by atoms with Crippen molar-refractivity contribution in [1.29, 1.82) is 0 Å². The number of carbonyl (C=O) groups is 1. The lowest BCUT2D eigenvalue weighted by molar-refractivity contribution is -0.313. The van der Waals surface area contributed by atoms with Gasteiger partial charge >= 0.3 is 0 Å². The average Bonchev–Trinajstić information content (AvgIpc) is 3.23. The van der Waals surface area contributed by atoms with Crippen LogP contribution in [0.2, 0.25) is 0 Å². The maximum absolute atomic E-state index is 12.5. The van der Waals surface area contributed by atoms with Gasteiger partial charge in [-0.2, -0.15) is 0 Å². The molecule has 6 rings (SSSR count). The highest BCUT2D eigenvalue weighted by Crippen LogP contribution is 2.73. The van der Waals surface area contributed by atoms with E-state index in [0.29, 0.717) is 17.6 Å². The zero-order valence-electron chi connectivity index (χ0n) is 16.9. The van der Waals surface area contributed by atoms with Crippen molar-refractivity contribution in [1.82, 2.24) is 0 Å². The van der Waals surface area contributed by atoms with E-state index in [0.717, 1.165) is 64.6 Å². The van der Waals surface area contributed by atoms with E-state index in [1.807, 2.05) is 0 Å². The zero-order chi connectivity index (χ0) is 18.7. The predicted molar refractivity (Wildman–Crippen MR) is 100 cm³/mol. The molecule has 4 aliphatic carbocycles. The molecule has 4 nitrogen and oxygen atoms in total. The van der Waals surface area contributed by atoms with Crippen LogP contribution in [-0.2, 0) is 19.0 Å². The molecule has 0 amide bonds. The largest absolute Gasteiger partial charge is 0.358 e. The highest BCUT2D eigenvalue weighted by atomic mass is 16.7. The fourth-order valence-electron chi connectivity index (χ4n) is 7.35. The fourth-order valence-corrected chi connectivity index (χ4v) is 7.35. The van der Waals surface area contributed by atoms with Gasteiger partial charge in [-0.15, -0.1) is 0 Å². The second kappa shape index (κ2) is 4.88. The Morgan fingerprint density at radius 1 is 1.04 bits per heavy atom. The maximum atomic E-state index is 12.5. The standard InChI is InChI=1S/C23H32O4/c1-19(2)13-25-22(26-14-19)10-11-23-17-7-8-20(3)16(4-5-18(20)24)15(17)6-9-21(23,12-22)27-23/h7,15-16H,4-6,8-14H2,1-3H3/t15?,16?,20-,21?,23?/m0/s1. The molecule has 2 aliphatic heterocycles. The molecule has 4 unspecified atom stereocenters. The summed E-state index contributed by atoms with van der Waals surface area (Å²) in [7, 11) is 0. The summed E-state index contributed by atoms with van der Waals surface area (Å²) in [4.78, 5) is 12.5. The summed E-state index contributed by atoms with van der Waals surface area (Å²) in [5.41, 5.74) is 1.37. The quantitative estimate of drug-likeness (QED) is 0.473. The van der Waals surface area contributed by atoms with Crippen LogP contribution < -0.4 is 0 Å². The van der Waals surface area contributed by atoms with Crippen LogP contribution in [-0.4, -0.2) is 36.0 Å². The van der Waals surface area contributed by atoms with Gasteiger partial charge in [0, 0.05) is 30.1 Å². The summed E-state index contributed by atoms with van der Waals surface area (Å²) < 4.78 is 19.3. The molecular formula is C23H32O4. The molecule has 3 saturated carbocycles. The van der Waals surface area contributed by atoms with Crippen molar-refractivity contribution in [3.8, 4) is 0 Å². The summed E-state index contributed by atoms with van der Waals surface area (Å²) in [6.45, 7) is 8.16. The van der Waals surface area contributed by atoms with Gasteiger partial charge in [-0.1, -0.05) is 26.8 Å². The van der Waals surface area contributed by atoms with Gasteiger partial charge < -0.3 is 14.2 Å². The fraction of sp³-hybridized carbons (Fsp3) is 0.870. The third-order valence-corrected chi connectivity index (χ3v) is 9.02. The molecule has 0 aromatic heterocycles. The number of hydrogen-bond donors (Lipinski definition) is 0. The van der Waals surface area contributed by atoms with Crippen molar-refractivity contribution < 1.29 is 19.0 Å². The van der Waals surface area contributed by atoms with Gasteiger partial charge in [0.1, 0.15) is 17.0 Å². The Labute approximate surface area is 162 Å². The van der Waals surface area contributed by atoms with Crippen molar-refractivity contribution in [3.63, 3.8) is 0 Å². The van der Waals surface area contributed by atoms with Crippen LogP contribution in [0.3, 0.4) is 0 Å². The minimum absolute atomic E-state index is 0.0756. The Bertz CT molecular complexity index is 743. The van der Waals surface area contributed by atoms with E-state index in [1.54, 1.807) is 0 Å². The minimum atomic E-state index is -0.435. The normalized spacial score (nSPS) is 51.7. The topological polar surface area (TPSA) is 48.1 Å². The number of allylic oxidation sites excluding steroid dienone is 1. The second-order valence-electron chi connectivity index (χ2n) is 11.2. The molecule has 27 heavy (non-hydrogen) atoms. The molecule has 0 radical (unpaired) electrons. The first-order valence-corrected chi connectivity index (χ1v) is 11.0. The molecule has 2 saturated heterocycles. The summed E-state index contributed by atoms with van der Waals surface area (Å²) >= 11 is 0. The number of ether oxygens (including phenoxy) is 3. The molecule has 4 heteroatoms. The van der Waals surface area contributed by atoms with Crippen molar-refractivity contribution in [2.75, 3.05) is 13.2 Å². The van der Waals surface area contributed by atoms with Gasteiger partial charge in [-0.25, -0.2) is 0 Å². The maximum Gasteiger partial charge on any atom is 0.171 e. The lowest BCUT2D eigenvalue weighted by Gasteiger charge is -2.51. The minimum Gasteiger partial charge on any atom is -0.358 e. The smallest absolute Gasteiger partial charge is 0.171 e. The molecule has 0 aromatic rings. The van der Waals surface area contributed by atoms with Crippen LogP contribution in [0.1, 0.15) is 72.1 Å². The molecular weight excluding hydrogens is 340 g/mol. The molecule has 148 valence electrons. The van der Waals surface area contributed by atoms with Crippen molar-refractivity contribution >= 4 is 5.78 Å². The molecule has 1 spiro atoms. The van der Waals surface area contributed by atoms with Crippen molar-refractivity contribution in [3.05, 3.63) is 11.6 Å². The molecule has 0 N–H and O–H groups in total. The summed E-state index contributed by atoms with van der Waals surface area (Å²) in [5.74, 6) is 1.13. The Kier molecular flexibility index (Phi) is 3.10. The molecule has 6 aliphatic rings. The van der Waals surface area contributed by atoms with Crippen LogP contribution in [0.5, 0.6) is 0 Å². The van der Waals surface area contributed by atoms with Gasteiger partial charge in [0.25, 0.3) is 0 Å². The third kappa shape index (κ3) is 2.03. The summed E-state index contributed by atoms with van der Waals surface area (Å²) in [6, 6.07) is 0. The van der Waals surface area contributed by atoms with Crippen LogP contribution in [0.25, 0.3) is 0 Å². The first kappa shape index (κ1) is 17.2. The molecule has 5 atom stereocenters. The van der Waals surface area contributed by atoms with Gasteiger partial charge in [0.15, 0.2) is 5.79 Å². The van der Waals surface area contributed by atoms with Gasteiger partial charge in [-0.3, -0.25) is 4.79 Å². The Hall–Kier alpha value is -0.710. The van der Waals surface area contributed by atoms with Crippen LogP contribution in [0, 0.1) is 22.7 Å². The van der Waals surface area contributed by atoms with E-state index < -0.39 is 5.79 Å².